The number of ketones is 1. The molecule has 70 valence electrons. The van der Waals surface area contributed by atoms with Crippen LogP contribution in [0.2, 0.25) is 0 Å². The molecule has 0 bridgehead atoms. The van der Waals surface area contributed by atoms with Crippen molar-refractivity contribution in [2.45, 2.75) is 39.0 Å². The van der Waals surface area contributed by atoms with Crippen LogP contribution in [0.5, 0.6) is 0 Å². The van der Waals surface area contributed by atoms with Crippen LogP contribution < -0.4 is 0 Å². The molecule has 4 nitrogen and oxygen atoms in total. The van der Waals surface area contributed by atoms with E-state index in [1.54, 1.807) is 6.92 Å². The Morgan fingerprint density at radius 2 is 1.83 bits per heavy atom. The number of unbranched alkanes of at least 4 members (excludes halogenated alkanes) is 3. The van der Waals surface area contributed by atoms with E-state index in [9.17, 15) is 14.9 Å². The lowest BCUT2D eigenvalue weighted by molar-refractivity contribution is -0.480. The van der Waals surface area contributed by atoms with Crippen molar-refractivity contribution in [3.63, 3.8) is 0 Å². The first-order valence-corrected chi connectivity index (χ1v) is 4.24. The molecule has 0 aromatic rings. The fraction of sp³-hybridized carbons (Fsp3) is 0.875. The predicted molar refractivity (Wildman–Crippen MR) is 45.6 cm³/mol. The molecule has 0 saturated carbocycles. The number of rotatable bonds is 7. The molecular formula is C8H15NO3. The second-order valence-corrected chi connectivity index (χ2v) is 2.92. The van der Waals surface area contributed by atoms with Crippen LogP contribution in [0.1, 0.15) is 39.0 Å². The minimum absolute atomic E-state index is 0.0556. The minimum atomic E-state index is -0.301. The highest BCUT2D eigenvalue weighted by molar-refractivity contribution is 5.75. The monoisotopic (exact) mass is 173 g/mol. The maximum atomic E-state index is 10.5. The molecule has 0 saturated heterocycles. The Morgan fingerprint density at radius 1 is 1.25 bits per heavy atom. The summed E-state index contributed by atoms with van der Waals surface area (Å²) in [6.07, 6.45) is 3.89. The quantitative estimate of drug-likeness (QED) is 0.335. The molecule has 0 unspecified atom stereocenters. The SMILES string of the molecule is CC(=O)CCCCCC[N+](=O)[O-]. The van der Waals surface area contributed by atoms with E-state index < -0.39 is 0 Å². The molecule has 0 aromatic carbocycles. The molecule has 0 aliphatic carbocycles. The minimum Gasteiger partial charge on any atom is -0.300 e. The molecule has 0 amide bonds. The van der Waals surface area contributed by atoms with Gasteiger partial charge in [0.05, 0.1) is 0 Å². The first kappa shape index (κ1) is 11.1. The van der Waals surface area contributed by atoms with Crippen molar-refractivity contribution in [2.75, 3.05) is 6.54 Å². The number of hydrogen-bond donors (Lipinski definition) is 0. The van der Waals surface area contributed by atoms with Crippen LogP contribution in [0.4, 0.5) is 0 Å². The number of carbonyl (C=O) groups is 1. The Kier molecular flexibility index (Phi) is 6.24. The average Bonchev–Trinajstić information content (AvgIpc) is 1.95. The first-order valence-electron chi connectivity index (χ1n) is 4.24. The second kappa shape index (κ2) is 6.76. The Labute approximate surface area is 72.1 Å². The van der Waals surface area contributed by atoms with Crippen molar-refractivity contribution in [2.24, 2.45) is 0 Å². The Bertz CT molecular complexity index is 138. The largest absolute Gasteiger partial charge is 0.300 e. The molecule has 12 heavy (non-hydrogen) atoms. The lowest BCUT2D eigenvalue weighted by atomic mass is 10.1. The van der Waals surface area contributed by atoms with Crippen molar-refractivity contribution >= 4 is 5.78 Å². The van der Waals surface area contributed by atoms with Gasteiger partial charge in [0, 0.05) is 17.8 Å². The van der Waals surface area contributed by atoms with Gasteiger partial charge in [-0.15, -0.1) is 0 Å². The summed E-state index contributed by atoms with van der Waals surface area (Å²) >= 11 is 0. The van der Waals surface area contributed by atoms with Crippen molar-refractivity contribution in [3.05, 3.63) is 10.1 Å². The molecule has 0 heterocycles. The third-order valence-electron chi connectivity index (χ3n) is 1.62. The molecule has 0 aliphatic rings. The van der Waals surface area contributed by atoms with Crippen LogP contribution >= 0.6 is 0 Å². The summed E-state index contributed by atoms with van der Waals surface area (Å²) in [5.41, 5.74) is 0. The Hall–Kier alpha value is -0.930. The zero-order valence-electron chi connectivity index (χ0n) is 7.41. The van der Waals surface area contributed by atoms with Gasteiger partial charge in [0.25, 0.3) is 0 Å². The third kappa shape index (κ3) is 9.07. The maximum absolute atomic E-state index is 10.5. The van der Waals surface area contributed by atoms with E-state index in [1.165, 1.54) is 0 Å². The number of nitrogens with zero attached hydrogens (tertiary/aromatic N) is 1. The van der Waals surface area contributed by atoms with Gasteiger partial charge in [0.2, 0.25) is 6.54 Å². The second-order valence-electron chi connectivity index (χ2n) is 2.92. The van der Waals surface area contributed by atoms with Gasteiger partial charge in [0.1, 0.15) is 5.78 Å². The van der Waals surface area contributed by atoms with Gasteiger partial charge in [-0.2, -0.15) is 0 Å². The summed E-state index contributed by atoms with van der Waals surface area (Å²) in [4.78, 5) is 20.1. The van der Waals surface area contributed by atoms with Gasteiger partial charge >= 0.3 is 0 Å². The van der Waals surface area contributed by atoms with E-state index in [0.29, 0.717) is 12.8 Å². The number of carbonyl (C=O) groups excluding carboxylic acids is 1. The predicted octanol–water partition coefficient (Wildman–Crippen LogP) is 1.80. The van der Waals surface area contributed by atoms with Crippen LogP contribution in [0.15, 0.2) is 0 Å². The lowest BCUT2D eigenvalue weighted by Gasteiger charge is -1.95. The number of hydrogen-bond acceptors (Lipinski definition) is 3. The first-order chi connectivity index (χ1) is 5.63. The highest BCUT2D eigenvalue weighted by atomic mass is 16.6. The normalized spacial score (nSPS) is 9.75. The topological polar surface area (TPSA) is 60.2 Å². The fourth-order valence-corrected chi connectivity index (χ4v) is 0.968. The summed E-state index contributed by atoms with van der Waals surface area (Å²) in [5, 5.41) is 9.89. The van der Waals surface area contributed by atoms with Gasteiger partial charge in [-0.1, -0.05) is 6.42 Å². The fourth-order valence-electron chi connectivity index (χ4n) is 0.968. The zero-order chi connectivity index (χ0) is 9.40. The molecule has 0 radical (unpaired) electrons. The van der Waals surface area contributed by atoms with Crippen LogP contribution in [0, 0.1) is 10.1 Å². The smallest absolute Gasteiger partial charge is 0.203 e. The van der Waals surface area contributed by atoms with E-state index in [1.807, 2.05) is 0 Å². The summed E-state index contributed by atoms with van der Waals surface area (Å²) in [6.45, 7) is 1.62. The van der Waals surface area contributed by atoms with Crippen LogP contribution in [0.3, 0.4) is 0 Å². The molecule has 0 N–H and O–H groups in total. The summed E-state index contributed by atoms with van der Waals surface area (Å²) < 4.78 is 0. The standard InChI is InChI=1S/C8H15NO3/c1-8(10)6-4-2-3-5-7-9(11)12/h2-7H2,1H3. The van der Waals surface area contributed by atoms with E-state index in [4.69, 9.17) is 0 Å². The van der Waals surface area contributed by atoms with E-state index in [-0.39, 0.29) is 17.3 Å². The average molecular weight is 173 g/mol. The van der Waals surface area contributed by atoms with Crippen molar-refractivity contribution < 1.29 is 9.72 Å². The molecule has 0 aliphatic heterocycles. The van der Waals surface area contributed by atoms with Crippen molar-refractivity contribution in [3.8, 4) is 0 Å². The van der Waals surface area contributed by atoms with E-state index in [2.05, 4.69) is 0 Å². The molecule has 0 rings (SSSR count). The molecule has 0 aromatic heterocycles. The number of Topliss-reactive ketones (excluding diaryl/α,β-unsaturated/α-hetero) is 1. The van der Waals surface area contributed by atoms with Crippen LogP contribution in [-0.4, -0.2) is 17.3 Å². The Morgan fingerprint density at radius 3 is 2.33 bits per heavy atom. The van der Waals surface area contributed by atoms with Gasteiger partial charge in [-0.25, -0.2) is 0 Å². The zero-order valence-corrected chi connectivity index (χ0v) is 7.41. The van der Waals surface area contributed by atoms with Crippen molar-refractivity contribution in [1.29, 1.82) is 0 Å². The van der Waals surface area contributed by atoms with Gasteiger partial charge in [-0.05, 0) is 19.8 Å². The Balaban J connectivity index is 3.01. The molecule has 0 spiro atoms. The summed E-state index contributed by atoms with van der Waals surface area (Å²) in [7, 11) is 0. The lowest BCUT2D eigenvalue weighted by Crippen LogP contribution is -2.00. The maximum Gasteiger partial charge on any atom is 0.203 e. The third-order valence-corrected chi connectivity index (χ3v) is 1.62. The van der Waals surface area contributed by atoms with Gasteiger partial charge in [0.15, 0.2) is 0 Å². The van der Waals surface area contributed by atoms with Gasteiger partial charge < -0.3 is 4.79 Å². The van der Waals surface area contributed by atoms with Crippen LogP contribution in [-0.2, 0) is 4.79 Å². The summed E-state index contributed by atoms with van der Waals surface area (Å²) in [5.74, 6) is 0.198. The molecule has 0 fully saturated rings. The van der Waals surface area contributed by atoms with E-state index >= 15 is 0 Å². The summed E-state index contributed by atoms with van der Waals surface area (Å²) in [6, 6.07) is 0. The number of nitro groups is 1. The van der Waals surface area contributed by atoms with Crippen LogP contribution in [0.25, 0.3) is 0 Å². The molecule has 4 heteroatoms. The molecular weight excluding hydrogens is 158 g/mol. The van der Waals surface area contributed by atoms with Gasteiger partial charge in [-0.3, -0.25) is 10.1 Å². The highest BCUT2D eigenvalue weighted by Gasteiger charge is 1.97. The highest BCUT2D eigenvalue weighted by Crippen LogP contribution is 2.03. The van der Waals surface area contributed by atoms with E-state index in [0.717, 1.165) is 19.3 Å². The molecule has 0 atom stereocenters. The van der Waals surface area contributed by atoms with Crippen molar-refractivity contribution in [1.82, 2.24) is 0 Å².